The quantitative estimate of drug-likeness (QED) is 0.458. The number of likely N-dealkylation sites (N-methyl/N-ethyl adjacent to an activating group) is 1. The molecule has 0 fully saturated rings. The number of aromatic nitrogens is 1. The number of carbonyl (C=O) groups excluding carboxylic acids is 3. The van der Waals surface area contributed by atoms with Crippen LogP contribution in [0.3, 0.4) is 0 Å². The number of esters is 1. The molecular formula is C20H26N3O5+. The maximum Gasteiger partial charge on any atom is 0.339 e. The van der Waals surface area contributed by atoms with Gasteiger partial charge in [0.25, 0.3) is 5.91 Å². The molecule has 3 N–H and O–H groups in total. The number of aryl methyl sites for hydroxylation is 1. The molecule has 1 aromatic carbocycles. The van der Waals surface area contributed by atoms with Gasteiger partial charge in [-0.05, 0) is 43.7 Å². The first kappa shape index (κ1) is 21.2. The van der Waals surface area contributed by atoms with Gasteiger partial charge in [0.1, 0.15) is 12.3 Å². The normalized spacial score (nSPS) is 11.6. The molecule has 0 aliphatic carbocycles. The largest absolute Gasteiger partial charge is 0.497 e. The molecule has 0 aliphatic rings. The average Bonchev–Trinajstić information content (AvgIpc) is 2.95. The molecule has 8 nitrogen and oxygen atoms in total. The molecule has 0 saturated heterocycles. The molecule has 1 heterocycles. The van der Waals surface area contributed by atoms with Crippen LogP contribution in [0.15, 0.2) is 24.3 Å². The highest BCUT2D eigenvalue weighted by Gasteiger charge is 2.24. The van der Waals surface area contributed by atoms with Crippen LogP contribution >= 0.6 is 0 Å². The lowest BCUT2D eigenvalue weighted by Gasteiger charge is -2.13. The number of carbonyl (C=O) groups is 3. The molecule has 1 aromatic heterocycles. The molecule has 0 saturated carbocycles. The van der Waals surface area contributed by atoms with Crippen molar-refractivity contribution in [3.05, 3.63) is 46.8 Å². The summed E-state index contributed by atoms with van der Waals surface area (Å²) in [6.45, 7) is 3.65. The molecule has 0 spiro atoms. The SMILES string of the molecule is COC(=O)c1c(C)[nH]c(C(=O)C[NH+](C)CC(=O)Nc2ccc(OC)cc2)c1C. The molecule has 0 radical (unpaired) electrons. The van der Waals surface area contributed by atoms with E-state index in [1.165, 1.54) is 7.11 Å². The maximum atomic E-state index is 12.6. The summed E-state index contributed by atoms with van der Waals surface area (Å²) in [6.07, 6.45) is 0. The van der Waals surface area contributed by atoms with Crippen LogP contribution in [0.5, 0.6) is 5.75 Å². The molecule has 150 valence electrons. The summed E-state index contributed by atoms with van der Waals surface area (Å²) in [5.74, 6) is -0.158. The number of amides is 1. The van der Waals surface area contributed by atoms with Crippen LogP contribution in [0.25, 0.3) is 0 Å². The van der Waals surface area contributed by atoms with Crippen molar-refractivity contribution >= 4 is 23.3 Å². The Hall–Kier alpha value is -3.13. The van der Waals surface area contributed by atoms with Gasteiger partial charge in [-0.25, -0.2) is 4.79 Å². The Labute approximate surface area is 163 Å². The summed E-state index contributed by atoms with van der Waals surface area (Å²) in [7, 11) is 4.64. The summed E-state index contributed by atoms with van der Waals surface area (Å²) in [4.78, 5) is 40.4. The predicted molar refractivity (Wildman–Crippen MR) is 104 cm³/mol. The standard InChI is InChI=1S/C20H25N3O5/c1-12-18(20(26)28-5)13(2)21-19(12)16(24)10-23(3)11-17(25)22-14-6-8-15(27-4)9-7-14/h6-9,21H,10-11H2,1-5H3,(H,22,25)/p+1. The van der Waals surface area contributed by atoms with Gasteiger partial charge in [0.05, 0.1) is 32.5 Å². The zero-order valence-corrected chi connectivity index (χ0v) is 16.8. The van der Waals surface area contributed by atoms with Crippen LogP contribution in [0.1, 0.15) is 32.1 Å². The number of hydrogen-bond acceptors (Lipinski definition) is 5. The van der Waals surface area contributed by atoms with Crippen molar-refractivity contribution in [3.8, 4) is 5.75 Å². The van der Waals surface area contributed by atoms with E-state index in [4.69, 9.17) is 9.47 Å². The zero-order chi connectivity index (χ0) is 20.8. The number of methoxy groups -OCH3 is 2. The van der Waals surface area contributed by atoms with Crippen LogP contribution in [-0.4, -0.2) is 57.0 Å². The van der Waals surface area contributed by atoms with E-state index in [1.807, 2.05) is 0 Å². The van der Waals surface area contributed by atoms with E-state index in [1.54, 1.807) is 52.3 Å². The molecule has 2 aromatic rings. The molecule has 2 rings (SSSR count). The highest BCUT2D eigenvalue weighted by molar-refractivity contribution is 6.02. The topological polar surface area (TPSA) is 102 Å². The molecule has 1 unspecified atom stereocenters. The lowest BCUT2D eigenvalue weighted by molar-refractivity contribution is -0.861. The van der Waals surface area contributed by atoms with E-state index in [0.717, 1.165) is 4.90 Å². The fourth-order valence-corrected chi connectivity index (χ4v) is 3.02. The van der Waals surface area contributed by atoms with Gasteiger partial charge < -0.3 is 24.7 Å². The Balaban J connectivity index is 1.96. The summed E-state index contributed by atoms with van der Waals surface area (Å²) in [5.41, 5.74) is 2.55. The van der Waals surface area contributed by atoms with E-state index in [-0.39, 0.29) is 24.8 Å². The zero-order valence-electron chi connectivity index (χ0n) is 16.8. The Kier molecular flexibility index (Phi) is 6.94. The van der Waals surface area contributed by atoms with E-state index < -0.39 is 5.97 Å². The Morgan fingerprint density at radius 1 is 1.07 bits per heavy atom. The molecule has 1 amide bonds. The minimum atomic E-state index is -0.482. The first-order valence-corrected chi connectivity index (χ1v) is 8.82. The van der Waals surface area contributed by atoms with E-state index in [9.17, 15) is 14.4 Å². The van der Waals surface area contributed by atoms with Crippen molar-refractivity contribution in [1.82, 2.24) is 4.98 Å². The van der Waals surface area contributed by atoms with E-state index in [2.05, 4.69) is 10.3 Å². The molecule has 8 heteroatoms. The van der Waals surface area contributed by atoms with Crippen molar-refractivity contribution in [2.24, 2.45) is 0 Å². The molecule has 0 aliphatic heterocycles. The second-order valence-corrected chi connectivity index (χ2v) is 6.63. The van der Waals surface area contributed by atoms with Crippen molar-refractivity contribution in [1.29, 1.82) is 0 Å². The first-order chi connectivity index (χ1) is 13.3. The third-order valence-corrected chi connectivity index (χ3v) is 4.40. The van der Waals surface area contributed by atoms with Gasteiger partial charge >= 0.3 is 5.97 Å². The van der Waals surface area contributed by atoms with Crippen molar-refractivity contribution < 1.29 is 28.8 Å². The van der Waals surface area contributed by atoms with Gasteiger partial charge in [0.15, 0.2) is 6.54 Å². The minimum absolute atomic E-state index is 0.109. The molecular weight excluding hydrogens is 362 g/mol. The number of ketones is 1. The van der Waals surface area contributed by atoms with E-state index >= 15 is 0 Å². The fraction of sp³-hybridized carbons (Fsp3) is 0.350. The highest BCUT2D eigenvalue weighted by Crippen LogP contribution is 2.19. The smallest absolute Gasteiger partial charge is 0.339 e. The number of rotatable bonds is 8. The monoisotopic (exact) mass is 388 g/mol. The van der Waals surface area contributed by atoms with Gasteiger partial charge in [-0.2, -0.15) is 0 Å². The third-order valence-electron chi connectivity index (χ3n) is 4.40. The van der Waals surface area contributed by atoms with Crippen molar-refractivity contribution in [2.45, 2.75) is 13.8 Å². The number of nitrogens with one attached hydrogen (secondary N) is 3. The van der Waals surface area contributed by atoms with Crippen LogP contribution in [0.2, 0.25) is 0 Å². The van der Waals surface area contributed by atoms with Gasteiger partial charge in [0.2, 0.25) is 5.78 Å². The average molecular weight is 388 g/mol. The number of anilines is 1. The second kappa shape index (κ2) is 9.18. The van der Waals surface area contributed by atoms with Crippen molar-refractivity contribution in [2.75, 3.05) is 39.7 Å². The lowest BCUT2D eigenvalue weighted by atomic mass is 10.1. The number of hydrogen-bond donors (Lipinski definition) is 3. The van der Waals surface area contributed by atoms with Gasteiger partial charge in [0, 0.05) is 11.4 Å². The van der Waals surface area contributed by atoms with Crippen LogP contribution in [-0.2, 0) is 9.53 Å². The molecule has 28 heavy (non-hydrogen) atoms. The fourth-order valence-electron chi connectivity index (χ4n) is 3.02. The van der Waals surface area contributed by atoms with Crippen LogP contribution in [0, 0.1) is 13.8 Å². The number of benzene rings is 1. The minimum Gasteiger partial charge on any atom is -0.497 e. The highest BCUT2D eigenvalue weighted by atomic mass is 16.5. The van der Waals surface area contributed by atoms with Crippen molar-refractivity contribution in [3.63, 3.8) is 0 Å². The second-order valence-electron chi connectivity index (χ2n) is 6.63. The summed E-state index contributed by atoms with van der Waals surface area (Å²) >= 11 is 0. The summed E-state index contributed by atoms with van der Waals surface area (Å²) < 4.78 is 9.84. The lowest BCUT2D eigenvalue weighted by Crippen LogP contribution is -3.11. The summed E-state index contributed by atoms with van der Waals surface area (Å²) in [5, 5.41) is 2.79. The summed E-state index contributed by atoms with van der Waals surface area (Å²) in [6, 6.07) is 7.00. The van der Waals surface area contributed by atoms with Gasteiger partial charge in [-0.1, -0.05) is 0 Å². The Morgan fingerprint density at radius 2 is 1.71 bits per heavy atom. The van der Waals surface area contributed by atoms with Gasteiger partial charge in [-0.3, -0.25) is 9.59 Å². The molecule has 1 atom stereocenters. The predicted octanol–water partition coefficient (Wildman–Crippen LogP) is 0.763. The third kappa shape index (κ3) is 4.98. The number of Topliss-reactive ketones (excluding diaryl/α,β-unsaturated/α-hetero) is 1. The number of ether oxygens (including phenoxy) is 2. The Bertz CT molecular complexity index is 871. The van der Waals surface area contributed by atoms with Crippen LogP contribution < -0.4 is 15.0 Å². The number of aromatic amines is 1. The van der Waals surface area contributed by atoms with Crippen LogP contribution in [0.4, 0.5) is 5.69 Å². The molecule has 0 bridgehead atoms. The number of quaternary nitrogens is 1. The van der Waals surface area contributed by atoms with E-state index in [0.29, 0.717) is 34.0 Å². The Morgan fingerprint density at radius 3 is 2.29 bits per heavy atom. The number of H-pyrrole nitrogens is 1. The first-order valence-electron chi connectivity index (χ1n) is 8.82. The maximum absolute atomic E-state index is 12.6. The van der Waals surface area contributed by atoms with Gasteiger partial charge in [-0.15, -0.1) is 0 Å².